The van der Waals surface area contributed by atoms with E-state index in [1.165, 1.54) is 0 Å². The third-order valence-electron chi connectivity index (χ3n) is 7.93. The molecule has 10 nitrogen and oxygen atoms in total. The number of nitrogens with one attached hydrogen (secondary N) is 1. The van der Waals surface area contributed by atoms with Crippen LogP contribution in [0.15, 0.2) is 42.5 Å². The van der Waals surface area contributed by atoms with Gasteiger partial charge in [0.05, 0.1) is 30.2 Å². The number of benzene rings is 2. The maximum absolute atomic E-state index is 12.8. The number of piperidine rings is 1. The summed E-state index contributed by atoms with van der Waals surface area (Å²) in [5, 5.41) is 12.7. The van der Waals surface area contributed by atoms with Crippen LogP contribution in [0.25, 0.3) is 5.69 Å². The molecular weight excluding hydrogens is 510 g/mol. The van der Waals surface area contributed by atoms with Gasteiger partial charge in [0.2, 0.25) is 6.79 Å². The predicted octanol–water partition coefficient (Wildman–Crippen LogP) is 4.61. The topological polar surface area (TPSA) is 101 Å². The molecule has 6 rings (SSSR count). The summed E-state index contributed by atoms with van der Waals surface area (Å²) in [6, 6.07) is 15.8. The largest absolute Gasteiger partial charge is 0.454 e. The van der Waals surface area contributed by atoms with Gasteiger partial charge in [-0.15, -0.1) is 0 Å². The van der Waals surface area contributed by atoms with Gasteiger partial charge >= 0.3 is 6.09 Å². The number of carbonyl (C=O) groups is 1. The molecule has 0 spiro atoms. The number of nitrogens with zero attached hydrogens (tertiary/aromatic N) is 4. The number of morpholine rings is 1. The maximum atomic E-state index is 12.8. The Morgan fingerprint density at radius 3 is 2.55 bits per heavy atom. The number of amides is 1. The van der Waals surface area contributed by atoms with Crippen LogP contribution in [0.3, 0.4) is 0 Å². The minimum Gasteiger partial charge on any atom is -0.454 e. The van der Waals surface area contributed by atoms with Crippen LogP contribution in [-0.2, 0) is 4.74 Å². The summed E-state index contributed by atoms with van der Waals surface area (Å²) >= 11 is 0. The van der Waals surface area contributed by atoms with Crippen LogP contribution in [0, 0.1) is 25.2 Å². The third-order valence-corrected chi connectivity index (χ3v) is 7.93. The zero-order valence-electron chi connectivity index (χ0n) is 22.8. The van der Waals surface area contributed by atoms with E-state index in [1.54, 1.807) is 6.07 Å². The molecule has 208 valence electrons. The molecule has 1 aromatic heterocycles. The highest BCUT2D eigenvalue weighted by atomic mass is 16.7. The summed E-state index contributed by atoms with van der Waals surface area (Å²) < 4.78 is 24.1. The van der Waals surface area contributed by atoms with Crippen LogP contribution in [0.2, 0.25) is 0 Å². The fourth-order valence-electron chi connectivity index (χ4n) is 5.90. The second kappa shape index (κ2) is 11.1. The predicted molar refractivity (Wildman–Crippen MR) is 150 cm³/mol. The van der Waals surface area contributed by atoms with Crippen LogP contribution >= 0.6 is 0 Å². The Kier molecular flexibility index (Phi) is 7.24. The summed E-state index contributed by atoms with van der Waals surface area (Å²) in [6.45, 7) is 9.43. The maximum Gasteiger partial charge on any atom is 0.417 e. The highest BCUT2D eigenvalue weighted by molar-refractivity contribution is 5.87. The van der Waals surface area contributed by atoms with Gasteiger partial charge in [0.1, 0.15) is 6.07 Å². The molecule has 4 heterocycles. The van der Waals surface area contributed by atoms with Gasteiger partial charge < -0.3 is 28.4 Å². The lowest BCUT2D eigenvalue weighted by molar-refractivity contribution is 0.0115. The Labute approximate surface area is 233 Å². The zero-order chi connectivity index (χ0) is 27.6. The van der Waals surface area contributed by atoms with E-state index in [-0.39, 0.29) is 6.79 Å². The van der Waals surface area contributed by atoms with Crippen molar-refractivity contribution >= 4 is 17.5 Å². The Bertz CT molecular complexity index is 1450. The quantitative estimate of drug-likeness (QED) is 0.498. The molecule has 10 heteroatoms. The molecule has 2 aromatic carbocycles. The third kappa shape index (κ3) is 5.18. The fraction of sp³-hybridized carbons (Fsp3) is 0.400. The Hall–Kier alpha value is -4.20. The molecule has 0 atom stereocenters. The molecule has 3 aliphatic heterocycles. The standard InChI is InChI=1S/C30H33N5O5/c1-20-15-28(21(2)35(20)25-4-6-27-29(17-25)39-19-38-27)40-30(36)32-23-3-5-26(22(16-23)18-31)34-9-7-24(8-10-34)33-11-13-37-14-12-33/h3-6,15-17,24H,7-14,19H2,1-2H3,(H,32,36). The number of carbonyl (C=O) groups excluding carboxylic acids is 1. The van der Waals surface area contributed by atoms with Crippen LogP contribution in [0.4, 0.5) is 16.2 Å². The molecule has 0 saturated carbocycles. The summed E-state index contributed by atoms with van der Waals surface area (Å²) in [7, 11) is 0. The van der Waals surface area contributed by atoms with Crippen LogP contribution < -0.4 is 24.4 Å². The number of aromatic nitrogens is 1. The Balaban J connectivity index is 1.10. The first-order valence-corrected chi connectivity index (χ1v) is 13.7. The van der Waals surface area contributed by atoms with Gasteiger partial charge in [0.15, 0.2) is 17.2 Å². The lowest BCUT2D eigenvalue weighted by atomic mass is 10.0. The molecule has 1 amide bonds. The van der Waals surface area contributed by atoms with Crippen molar-refractivity contribution in [1.82, 2.24) is 9.47 Å². The van der Waals surface area contributed by atoms with Gasteiger partial charge in [0.25, 0.3) is 0 Å². The van der Waals surface area contributed by atoms with E-state index in [4.69, 9.17) is 18.9 Å². The molecule has 3 aliphatic rings. The molecule has 2 saturated heterocycles. The zero-order valence-corrected chi connectivity index (χ0v) is 22.8. The van der Waals surface area contributed by atoms with Gasteiger partial charge in [-0.2, -0.15) is 5.26 Å². The highest BCUT2D eigenvalue weighted by Crippen LogP contribution is 2.36. The molecule has 0 radical (unpaired) electrons. The number of hydrogen-bond donors (Lipinski definition) is 1. The lowest BCUT2D eigenvalue weighted by Gasteiger charge is -2.41. The number of anilines is 2. The average molecular weight is 544 g/mol. The fourth-order valence-corrected chi connectivity index (χ4v) is 5.90. The van der Waals surface area contributed by atoms with Crippen molar-refractivity contribution in [2.24, 2.45) is 0 Å². The smallest absolute Gasteiger partial charge is 0.417 e. The van der Waals surface area contributed by atoms with Crippen molar-refractivity contribution in [1.29, 1.82) is 5.26 Å². The Morgan fingerprint density at radius 1 is 1.00 bits per heavy atom. The molecule has 0 aliphatic carbocycles. The Morgan fingerprint density at radius 2 is 1.77 bits per heavy atom. The molecule has 2 fully saturated rings. The number of aryl methyl sites for hydroxylation is 1. The minimum atomic E-state index is -0.617. The van der Waals surface area contributed by atoms with E-state index in [2.05, 4.69) is 21.2 Å². The number of nitriles is 1. The summed E-state index contributed by atoms with van der Waals surface area (Å²) in [4.78, 5) is 17.6. The van der Waals surface area contributed by atoms with Crippen LogP contribution in [0.1, 0.15) is 29.8 Å². The summed E-state index contributed by atoms with van der Waals surface area (Å²) in [5.74, 6) is 1.85. The van der Waals surface area contributed by atoms with Crippen molar-refractivity contribution in [3.8, 4) is 29.0 Å². The highest BCUT2D eigenvalue weighted by Gasteiger charge is 2.27. The summed E-state index contributed by atoms with van der Waals surface area (Å²) in [6.07, 6.45) is 1.50. The van der Waals surface area contributed by atoms with Gasteiger partial charge in [-0.25, -0.2) is 4.79 Å². The van der Waals surface area contributed by atoms with Gasteiger partial charge in [-0.3, -0.25) is 10.2 Å². The molecule has 0 unspecified atom stereocenters. The first-order valence-electron chi connectivity index (χ1n) is 13.7. The first-order chi connectivity index (χ1) is 19.5. The van der Waals surface area contributed by atoms with Crippen molar-refractivity contribution in [3.63, 3.8) is 0 Å². The molecular formula is C30H33N5O5. The van der Waals surface area contributed by atoms with Gasteiger partial charge in [-0.1, -0.05) is 0 Å². The number of fused-ring (bicyclic) bond motifs is 1. The van der Waals surface area contributed by atoms with E-state index >= 15 is 0 Å². The average Bonchev–Trinajstić information content (AvgIpc) is 3.56. The second-order valence-corrected chi connectivity index (χ2v) is 10.3. The van der Waals surface area contributed by atoms with E-state index in [9.17, 15) is 10.1 Å². The number of hydrogen-bond acceptors (Lipinski definition) is 8. The lowest BCUT2D eigenvalue weighted by Crippen LogP contribution is -2.49. The number of rotatable bonds is 5. The van der Waals surface area contributed by atoms with Gasteiger partial charge in [-0.05, 0) is 57.0 Å². The van der Waals surface area contributed by atoms with Crippen molar-refractivity contribution in [2.75, 3.05) is 56.4 Å². The number of ether oxygens (including phenoxy) is 4. The van der Waals surface area contributed by atoms with Crippen molar-refractivity contribution in [3.05, 3.63) is 59.4 Å². The van der Waals surface area contributed by atoms with E-state index < -0.39 is 6.09 Å². The van der Waals surface area contributed by atoms with E-state index in [0.717, 1.165) is 75.0 Å². The summed E-state index contributed by atoms with van der Waals surface area (Å²) in [5.41, 5.74) is 4.52. The molecule has 0 bridgehead atoms. The van der Waals surface area contributed by atoms with Crippen molar-refractivity contribution in [2.45, 2.75) is 32.7 Å². The monoisotopic (exact) mass is 543 g/mol. The van der Waals surface area contributed by atoms with E-state index in [1.807, 2.05) is 54.8 Å². The van der Waals surface area contributed by atoms with Crippen LogP contribution in [-0.4, -0.2) is 67.8 Å². The molecule has 1 N–H and O–H groups in total. The van der Waals surface area contributed by atoms with Gasteiger partial charge in [0, 0.05) is 61.4 Å². The minimum absolute atomic E-state index is 0.207. The second-order valence-electron chi connectivity index (χ2n) is 10.3. The van der Waals surface area contributed by atoms with Crippen LogP contribution in [0.5, 0.6) is 17.2 Å². The molecule has 3 aromatic rings. The molecule has 40 heavy (non-hydrogen) atoms. The SMILES string of the molecule is Cc1cc(OC(=O)Nc2ccc(N3CCC(N4CCOCC4)CC3)c(C#N)c2)c(C)n1-c1ccc2c(c1)OCO2. The first kappa shape index (κ1) is 26.0. The van der Waals surface area contributed by atoms with E-state index in [0.29, 0.717) is 34.5 Å². The van der Waals surface area contributed by atoms with Crippen molar-refractivity contribution < 1.29 is 23.7 Å². The normalized spacial score (nSPS) is 17.5.